The summed E-state index contributed by atoms with van der Waals surface area (Å²) >= 11 is 0. The first-order valence-electron chi connectivity index (χ1n) is 20.8. The third kappa shape index (κ3) is 38.7. The molecule has 0 aliphatic carbocycles. The Kier molecular flexibility index (Phi) is 37.6. The average molecular weight is 661 g/mol. The van der Waals surface area contributed by atoms with Crippen LogP contribution in [-0.4, -0.2) is 23.1 Å². The number of carbonyl (C=O) groups excluding carboxylic acids is 1. The molecule has 0 bridgehead atoms. The normalized spacial score (nSPS) is 12.4. The molecule has 0 saturated carbocycles. The van der Waals surface area contributed by atoms with Crippen LogP contribution in [0.2, 0.25) is 0 Å². The van der Waals surface area contributed by atoms with Crippen molar-refractivity contribution in [2.24, 2.45) is 0 Å². The van der Waals surface area contributed by atoms with E-state index >= 15 is 0 Å². The van der Waals surface area contributed by atoms with E-state index in [2.05, 4.69) is 38.2 Å². The Labute approximate surface area is 293 Å². The van der Waals surface area contributed by atoms with Crippen LogP contribution >= 0.6 is 0 Å². The summed E-state index contributed by atoms with van der Waals surface area (Å²) in [5, 5.41) is 8.78. The Morgan fingerprint density at radius 1 is 0.489 bits per heavy atom. The van der Waals surface area contributed by atoms with Crippen molar-refractivity contribution in [2.75, 3.05) is 0 Å². The molecule has 1 N–H and O–H groups in total. The highest BCUT2D eigenvalue weighted by molar-refractivity contribution is 5.69. The standard InChI is InChI=1S/C43H80O4/c1-3-5-7-9-11-13-14-15-16-17-18-19-20-21-22-24-26-32-36-40-43(46)47-41(37-33-29-25-23-12-10-8-6-4-2)38-34-30-27-28-31-35-39-42(44)45/h23,25,33,37,41H,3-22,24,26-32,34-36,38-40H2,1-2H3,(H,44,45)/b25-23-,37-33-. The van der Waals surface area contributed by atoms with Gasteiger partial charge in [-0.25, -0.2) is 0 Å². The first-order valence-corrected chi connectivity index (χ1v) is 20.8. The molecular formula is C43H80O4. The summed E-state index contributed by atoms with van der Waals surface area (Å²) in [5.41, 5.74) is 0. The Hall–Kier alpha value is -1.58. The molecule has 0 aliphatic rings. The first-order chi connectivity index (χ1) is 23.1. The fourth-order valence-electron chi connectivity index (χ4n) is 6.31. The lowest BCUT2D eigenvalue weighted by Crippen LogP contribution is -2.16. The molecule has 0 aromatic carbocycles. The lowest BCUT2D eigenvalue weighted by Gasteiger charge is -2.14. The van der Waals surface area contributed by atoms with E-state index in [0.29, 0.717) is 6.42 Å². The molecule has 1 atom stereocenters. The van der Waals surface area contributed by atoms with Crippen molar-refractivity contribution in [1.82, 2.24) is 0 Å². The molecule has 1 unspecified atom stereocenters. The number of hydrogen-bond acceptors (Lipinski definition) is 3. The summed E-state index contributed by atoms with van der Waals surface area (Å²) in [4.78, 5) is 23.3. The van der Waals surface area contributed by atoms with Gasteiger partial charge in [-0.05, 0) is 51.0 Å². The van der Waals surface area contributed by atoms with Gasteiger partial charge in [0, 0.05) is 12.8 Å². The van der Waals surface area contributed by atoms with Crippen LogP contribution in [0.25, 0.3) is 0 Å². The second kappa shape index (κ2) is 38.9. The third-order valence-corrected chi connectivity index (χ3v) is 9.41. The van der Waals surface area contributed by atoms with Gasteiger partial charge in [-0.1, -0.05) is 193 Å². The zero-order valence-electron chi connectivity index (χ0n) is 31.6. The number of unbranched alkanes of at least 4 members (excludes halogenated alkanes) is 27. The molecule has 4 nitrogen and oxygen atoms in total. The summed E-state index contributed by atoms with van der Waals surface area (Å²) in [6.45, 7) is 4.53. The van der Waals surface area contributed by atoms with Crippen molar-refractivity contribution in [1.29, 1.82) is 0 Å². The van der Waals surface area contributed by atoms with Crippen molar-refractivity contribution in [3.8, 4) is 0 Å². The molecule has 0 rings (SSSR count). The number of hydrogen-bond donors (Lipinski definition) is 1. The van der Waals surface area contributed by atoms with Crippen molar-refractivity contribution < 1.29 is 19.4 Å². The number of esters is 1. The van der Waals surface area contributed by atoms with Gasteiger partial charge in [0.25, 0.3) is 0 Å². The largest absolute Gasteiger partial charge is 0.481 e. The van der Waals surface area contributed by atoms with Crippen LogP contribution in [0, 0.1) is 0 Å². The Morgan fingerprint density at radius 3 is 1.36 bits per heavy atom. The predicted molar refractivity (Wildman–Crippen MR) is 204 cm³/mol. The SMILES string of the molecule is CCCCCC/C=C\C/C=C\C(CCCCCCCCC(=O)O)OC(=O)CCCCCCCCCCCCCCCCCCCCC. The second-order valence-electron chi connectivity index (χ2n) is 14.2. The van der Waals surface area contributed by atoms with Gasteiger partial charge in [0.2, 0.25) is 0 Å². The van der Waals surface area contributed by atoms with Gasteiger partial charge in [0.05, 0.1) is 0 Å². The summed E-state index contributed by atoms with van der Waals surface area (Å²) in [6.07, 6.45) is 49.4. The molecule has 0 aliphatic heterocycles. The zero-order valence-corrected chi connectivity index (χ0v) is 31.6. The lowest BCUT2D eigenvalue weighted by atomic mass is 10.0. The number of allylic oxidation sites excluding steroid dienone is 3. The molecule has 0 radical (unpaired) electrons. The average Bonchev–Trinajstić information content (AvgIpc) is 3.05. The van der Waals surface area contributed by atoms with Crippen LogP contribution in [0.5, 0.6) is 0 Å². The van der Waals surface area contributed by atoms with Gasteiger partial charge in [0.15, 0.2) is 0 Å². The lowest BCUT2D eigenvalue weighted by molar-refractivity contribution is -0.147. The Morgan fingerprint density at radius 2 is 0.894 bits per heavy atom. The molecular weight excluding hydrogens is 580 g/mol. The monoisotopic (exact) mass is 661 g/mol. The fraction of sp³-hybridized carbons (Fsp3) is 0.860. The van der Waals surface area contributed by atoms with E-state index in [9.17, 15) is 9.59 Å². The number of rotatable bonds is 38. The van der Waals surface area contributed by atoms with Crippen LogP contribution in [0.1, 0.15) is 232 Å². The zero-order chi connectivity index (χ0) is 34.3. The highest BCUT2D eigenvalue weighted by Crippen LogP contribution is 2.17. The summed E-state index contributed by atoms with van der Waals surface area (Å²) < 4.78 is 5.92. The minimum Gasteiger partial charge on any atom is -0.481 e. The second-order valence-corrected chi connectivity index (χ2v) is 14.2. The van der Waals surface area contributed by atoms with E-state index in [-0.39, 0.29) is 18.5 Å². The summed E-state index contributed by atoms with van der Waals surface area (Å²) in [7, 11) is 0. The summed E-state index contributed by atoms with van der Waals surface area (Å²) in [5.74, 6) is -0.750. The first kappa shape index (κ1) is 45.4. The van der Waals surface area contributed by atoms with E-state index in [4.69, 9.17) is 9.84 Å². The van der Waals surface area contributed by atoms with E-state index in [1.807, 2.05) is 0 Å². The van der Waals surface area contributed by atoms with Crippen LogP contribution < -0.4 is 0 Å². The van der Waals surface area contributed by atoms with Crippen molar-refractivity contribution >= 4 is 11.9 Å². The number of ether oxygens (including phenoxy) is 1. The predicted octanol–water partition coefficient (Wildman–Crippen LogP) is 14.4. The number of carboxylic acid groups (broad SMARTS) is 1. The number of carboxylic acids is 1. The molecule has 0 heterocycles. The van der Waals surface area contributed by atoms with Crippen LogP contribution in [0.3, 0.4) is 0 Å². The quantitative estimate of drug-likeness (QED) is 0.0407. The van der Waals surface area contributed by atoms with Gasteiger partial charge in [-0.2, -0.15) is 0 Å². The highest BCUT2D eigenvalue weighted by Gasteiger charge is 2.11. The van der Waals surface area contributed by atoms with E-state index < -0.39 is 5.97 Å². The molecule has 0 fully saturated rings. The maximum absolute atomic E-state index is 12.6. The molecule has 0 saturated heterocycles. The molecule has 0 amide bonds. The van der Waals surface area contributed by atoms with Crippen LogP contribution in [-0.2, 0) is 14.3 Å². The van der Waals surface area contributed by atoms with Crippen LogP contribution in [0.4, 0.5) is 0 Å². The summed E-state index contributed by atoms with van der Waals surface area (Å²) in [6, 6.07) is 0. The molecule has 4 heteroatoms. The maximum atomic E-state index is 12.6. The maximum Gasteiger partial charge on any atom is 0.306 e. The van der Waals surface area contributed by atoms with Crippen molar-refractivity contribution in [2.45, 2.75) is 238 Å². The molecule has 0 aromatic rings. The molecule has 0 aromatic heterocycles. The number of aliphatic carboxylic acids is 1. The minimum atomic E-state index is -0.701. The van der Waals surface area contributed by atoms with Gasteiger partial charge < -0.3 is 9.84 Å². The Balaban J connectivity index is 3.96. The fourth-order valence-corrected chi connectivity index (χ4v) is 6.31. The molecule has 0 spiro atoms. The van der Waals surface area contributed by atoms with Crippen molar-refractivity contribution in [3.63, 3.8) is 0 Å². The highest BCUT2D eigenvalue weighted by atomic mass is 16.5. The van der Waals surface area contributed by atoms with Crippen LogP contribution in [0.15, 0.2) is 24.3 Å². The molecule has 47 heavy (non-hydrogen) atoms. The van der Waals surface area contributed by atoms with E-state index in [0.717, 1.165) is 70.6 Å². The molecule has 276 valence electrons. The number of carbonyl (C=O) groups is 2. The Bertz CT molecular complexity index is 713. The topological polar surface area (TPSA) is 63.6 Å². The third-order valence-electron chi connectivity index (χ3n) is 9.41. The van der Waals surface area contributed by atoms with E-state index in [1.54, 1.807) is 0 Å². The van der Waals surface area contributed by atoms with Gasteiger partial charge >= 0.3 is 11.9 Å². The smallest absolute Gasteiger partial charge is 0.306 e. The van der Waals surface area contributed by atoms with Gasteiger partial charge in [-0.15, -0.1) is 0 Å². The minimum absolute atomic E-state index is 0.0493. The van der Waals surface area contributed by atoms with Crippen molar-refractivity contribution in [3.05, 3.63) is 24.3 Å². The van der Waals surface area contributed by atoms with E-state index in [1.165, 1.54) is 135 Å². The van der Waals surface area contributed by atoms with Gasteiger partial charge in [-0.3, -0.25) is 9.59 Å². The van der Waals surface area contributed by atoms with Gasteiger partial charge in [0.1, 0.15) is 6.10 Å².